The van der Waals surface area contributed by atoms with Crippen LogP contribution in [0.2, 0.25) is 0 Å². The second-order valence-corrected chi connectivity index (χ2v) is 8.34. The lowest BCUT2D eigenvalue weighted by Gasteiger charge is -2.14. The third-order valence-electron chi connectivity index (χ3n) is 4.63. The predicted octanol–water partition coefficient (Wildman–Crippen LogP) is 3.02. The number of hydrogen-bond acceptors (Lipinski definition) is 8. The van der Waals surface area contributed by atoms with Crippen molar-refractivity contribution >= 4 is 34.7 Å². The number of thiophene rings is 1. The number of primary amides is 1. The van der Waals surface area contributed by atoms with Crippen molar-refractivity contribution in [1.82, 2.24) is 14.7 Å². The van der Waals surface area contributed by atoms with Gasteiger partial charge in [0.2, 0.25) is 0 Å². The molecule has 3 N–H and O–H groups in total. The van der Waals surface area contributed by atoms with E-state index in [4.69, 9.17) is 15.2 Å². The first-order valence-electron chi connectivity index (χ1n) is 9.47. The van der Waals surface area contributed by atoms with Gasteiger partial charge in [0.15, 0.2) is 5.06 Å². The van der Waals surface area contributed by atoms with Crippen molar-refractivity contribution in [2.45, 2.75) is 19.8 Å². The Bertz CT molecular complexity index is 1080. The molecule has 0 spiro atoms. The van der Waals surface area contributed by atoms with Crippen LogP contribution >= 0.6 is 22.9 Å². The molecule has 8 nitrogen and oxygen atoms in total. The summed E-state index contributed by atoms with van der Waals surface area (Å²) in [7, 11) is 0. The minimum Gasteiger partial charge on any atom is -0.444 e. The molecule has 2 amide bonds. The molecule has 30 heavy (non-hydrogen) atoms. The maximum atomic E-state index is 12.1. The zero-order valence-corrected chi connectivity index (χ0v) is 17.9. The molecule has 156 valence electrons. The van der Waals surface area contributed by atoms with Crippen LogP contribution in [-0.2, 0) is 17.6 Å². The first-order chi connectivity index (χ1) is 14.6. The monoisotopic (exact) mass is 444 g/mol. The standard InChI is InChI=1S/C20H20N4O4S2/c1-2-27-8-7-22-19(26)14-6-4-12(10-23-14)28-20-15-13(17(29-20)18(21)25)5-3-11-9-24-30-16(11)15/h4,6,9-10H,2-3,5,7-8H2,1H3,(H2,21,25)(H,22,26). The van der Waals surface area contributed by atoms with Crippen molar-refractivity contribution in [3.63, 3.8) is 0 Å². The van der Waals surface area contributed by atoms with Crippen molar-refractivity contribution in [3.05, 3.63) is 46.2 Å². The summed E-state index contributed by atoms with van der Waals surface area (Å²) in [5.74, 6) is -0.270. The molecule has 0 saturated heterocycles. The summed E-state index contributed by atoms with van der Waals surface area (Å²) in [5, 5.41) is 3.33. The number of aryl methyl sites for hydroxylation is 1. The molecule has 1 aliphatic rings. The minimum atomic E-state index is -0.462. The van der Waals surface area contributed by atoms with Gasteiger partial charge in [0.1, 0.15) is 11.4 Å². The van der Waals surface area contributed by atoms with Gasteiger partial charge in [-0.05, 0) is 54.6 Å². The molecule has 3 aromatic heterocycles. The Kier molecular flexibility index (Phi) is 6.07. The van der Waals surface area contributed by atoms with Crippen LogP contribution in [0.5, 0.6) is 10.8 Å². The third kappa shape index (κ3) is 4.07. The zero-order valence-electron chi connectivity index (χ0n) is 16.3. The number of nitrogens with one attached hydrogen (secondary N) is 1. The van der Waals surface area contributed by atoms with E-state index in [2.05, 4.69) is 14.7 Å². The van der Waals surface area contributed by atoms with E-state index < -0.39 is 5.91 Å². The lowest BCUT2D eigenvalue weighted by molar-refractivity contribution is 0.0917. The summed E-state index contributed by atoms with van der Waals surface area (Å²) in [6.07, 6.45) is 4.89. The van der Waals surface area contributed by atoms with Crippen molar-refractivity contribution in [1.29, 1.82) is 0 Å². The van der Waals surface area contributed by atoms with Gasteiger partial charge in [-0.3, -0.25) is 9.59 Å². The number of nitrogens with zero attached hydrogens (tertiary/aromatic N) is 2. The normalized spacial score (nSPS) is 12.2. The number of ether oxygens (including phenoxy) is 2. The Morgan fingerprint density at radius 1 is 1.27 bits per heavy atom. The topological polar surface area (TPSA) is 116 Å². The molecular formula is C20H20N4O4S2. The van der Waals surface area contributed by atoms with Crippen LogP contribution in [0.3, 0.4) is 0 Å². The molecule has 4 rings (SSSR count). The van der Waals surface area contributed by atoms with Crippen molar-refractivity contribution in [2.24, 2.45) is 5.73 Å². The van der Waals surface area contributed by atoms with Crippen LogP contribution in [0.1, 0.15) is 38.2 Å². The smallest absolute Gasteiger partial charge is 0.269 e. The van der Waals surface area contributed by atoms with Crippen LogP contribution in [0.15, 0.2) is 24.5 Å². The summed E-state index contributed by atoms with van der Waals surface area (Å²) in [4.78, 5) is 29.8. The van der Waals surface area contributed by atoms with E-state index in [0.717, 1.165) is 34.4 Å². The van der Waals surface area contributed by atoms with Gasteiger partial charge < -0.3 is 20.5 Å². The Labute approximate surface area is 181 Å². The van der Waals surface area contributed by atoms with Gasteiger partial charge in [-0.2, -0.15) is 0 Å². The summed E-state index contributed by atoms with van der Waals surface area (Å²) >= 11 is 2.61. The van der Waals surface area contributed by atoms with Gasteiger partial charge in [0.05, 0.1) is 28.1 Å². The molecule has 10 heteroatoms. The van der Waals surface area contributed by atoms with Crippen molar-refractivity contribution < 1.29 is 19.1 Å². The molecule has 0 atom stereocenters. The van der Waals surface area contributed by atoms with Crippen molar-refractivity contribution in [3.8, 4) is 21.3 Å². The number of carbonyl (C=O) groups is 2. The second-order valence-electron chi connectivity index (χ2n) is 6.55. The van der Waals surface area contributed by atoms with Gasteiger partial charge in [-0.25, -0.2) is 9.36 Å². The zero-order chi connectivity index (χ0) is 21.1. The molecule has 0 fully saturated rings. The fourth-order valence-electron chi connectivity index (χ4n) is 3.24. The van der Waals surface area contributed by atoms with E-state index in [-0.39, 0.29) is 11.6 Å². The molecule has 0 unspecified atom stereocenters. The number of nitrogens with two attached hydrogens (primary N) is 1. The quantitative estimate of drug-likeness (QED) is 0.516. The molecule has 3 aromatic rings. The van der Waals surface area contributed by atoms with Crippen LogP contribution in [0, 0.1) is 0 Å². The van der Waals surface area contributed by atoms with E-state index in [0.29, 0.717) is 35.4 Å². The molecule has 0 aliphatic heterocycles. The highest BCUT2D eigenvalue weighted by molar-refractivity contribution is 7.17. The average Bonchev–Trinajstić information content (AvgIpc) is 3.36. The van der Waals surface area contributed by atoms with E-state index in [1.54, 1.807) is 12.1 Å². The van der Waals surface area contributed by atoms with Gasteiger partial charge in [-0.1, -0.05) is 11.3 Å². The number of fused-ring (bicyclic) bond motifs is 3. The number of pyridine rings is 1. The largest absolute Gasteiger partial charge is 0.444 e. The third-order valence-corrected chi connectivity index (χ3v) is 6.61. The van der Waals surface area contributed by atoms with Crippen LogP contribution in [-0.4, -0.2) is 40.9 Å². The lowest BCUT2D eigenvalue weighted by atomic mass is 9.93. The fraction of sp³-hybridized carbons (Fsp3) is 0.300. The predicted molar refractivity (Wildman–Crippen MR) is 114 cm³/mol. The maximum Gasteiger partial charge on any atom is 0.269 e. The number of amides is 2. The summed E-state index contributed by atoms with van der Waals surface area (Å²) < 4.78 is 15.5. The average molecular weight is 445 g/mol. The molecular weight excluding hydrogens is 424 g/mol. The highest BCUT2D eigenvalue weighted by Crippen LogP contribution is 2.49. The summed E-state index contributed by atoms with van der Waals surface area (Å²) in [6, 6.07) is 3.27. The molecule has 1 aliphatic carbocycles. The number of carbonyl (C=O) groups excluding carboxylic acids is 2. The minimum absolute atomic E-state index is 0.278. The highest BCUT2D eigenvalue weighted by Gasteiger charge is 2.30. The first-order valence-corrected chi connectivity index (χ1v) is 11.1. The van der Waals surface area contributed by atoms with Crippen LogP contribution in [0.4, 0.5) is 0 Å². The van der Waals surface area contributed by atoms with E-state index in [1.165, 1.54) is 29.1 Å². The molecule has 0 saturated carbocycles. The van der Waals surface area contributed by atoms with Gasteiger partial charge in [0.25, 0.3) is 11.8 Å². The van der Waals surface area contributed by atoms with E-state index in [1.807, 2.05) is 13.1 Å². The van der Waals surface area contributed by atoms with E-state index in [9.17, 15) is 9.59 Å². The van der Waals surface area contributed by atoms with Gasteiger partial charge in [-0.15, -0.1) is 0 Å². The Hall–Kier alpha value is -2.82. The molecule has 0 bridgehead atoms. The van der Waals surface area contributed by atoms with Gasteiger partial charge in [0, 0.05) is 19.3 Å². The molecule has 0 aromatic carbocycles. The first kappa shape index (κ1) is 20.5. The Balaban J connectivity index is 1.54. The number of aromatic nitrogens is 2. The Morgan fingerprint density at radius 3 is 2.87 bits per heavy atom. The SMILES string of the molecule is CCOCCNC(=O)c1ccc(Oc2sc(C(N)=O)c3c2-c2sncc2CC3)cn1. The molecule has 0 radical (unpaired) electrons. The number of hydrogen-bond donors (Lipinski definition) is 2. The summed E-state index contributed by atoms with van der Waals surface area (Å²) in [6.45, 7) is 3.37. The van der Waals surface area contributed by atoms with Crippen LogP contribution < -0.4 is 15.8 Å². The Morgan fingerprint density at radius 2 is 2.13 bits per heavy atom. The maximum absolute atomic E-state index is 12.1. The van der Waals surface area contributed by atoms with Crippen LogP contribution in [0.25, 0.3) is 10.4 Å². The summed E-state index contributed by atoms with van der Waals surface area (Å²) in [5.41, 5.74) is 8.82. The molecule has 3 heterocycles. The number of rotatable bonds is 8. The van der Waals surface area contributed by atoms with Gasteiger partial charge >= 0.3 is 0 Å². The van der Waals surface area contributed by atoms with E-state index >= 15 is 0 Å². The fourth-order valence-corrected chi connectivity index (χ4v) is 5.25. The van der Waals surface area contributed by atoms with Crippen molar-refractivity contribution in [2.75, 3.05) is 19.8 Å². The lowest BCUT2D eigenvalue weighted by Crippen LogP contribution is -2.27. The highest BCUT2D eigenvalue weighted by atomic mass is 32.1. The second kappa shape index (κ2) is 8.90.